The highest BCUT2D eigenvalue weighted by atomic mass is 32.2. The first-order valence-corrected chi connectivity index (χ1v) is 13.5. The number of anilines is 1. The van der Waals surface area contributed by atoms with E-state index in [1.165, 1.54) is 22.3 Å². The van der Waals surface area contributed by atoms with Crippen molar-refractivity contribution in [1.29, 1.82) is 0 Å². The lowest BCUT2D eigenvalue weighted by molar-refractivity contribution is -0.116. The standard InChI is InChI=1S/C25H28N4O3S2/c1-27-14-16-28(17-15-27)34(31,32)23-12-13-24(26-18-23)33-20-25(30)29(22-10-6-3-7-11-22)19-21-8-4-2-5-9-21/h2-13,18H,14-17,19-20H2,1H3. The zero-order valence-corrected chi connectivity index (χ0v) is 20.7. The summed E-state index contributed by atoms with van der Waals surface area (Å²) in [5.74, 6) is 0.148. The van der Waals surface area contributed by atoms with Crippen molar-refractivity contribution in [3.63, 3.8) is 0 Å². The van der Waals surface area contributed by atoms with Crippen molar-refractivity contribution < 1.29 is 13.2 Å². The Hall–Kier alpha value is -2.72. The molecule has 0 aliphatic carbocycles. The molecule has 2 aromatic carbocycles. The number of benzene rings is 2. The van der Waals surface area contributed by atoms with E-state index in [9.17, 15) is 13.2 Å². The molecule has 1 aromatic heterocycles. The lowest BCUT2D eigenvalue weighted by Crippen LogP contribution is -2.47. The van der Waals surface area contributed by atoms with Gasteiger partial charge in [0.25, 0.3) is 0 Å². The monoisotopic (exact) mass is 496 g/mol. The van der Waals surface area contributed by atoms with Gasteiger partial charge in [-0.15, -0.1) is 0 Å². The highest BCUT2D eigenvalue weighted by molar-refractivity contribution is 7.99. The first kappa shape index (κ1) is 24.4. The Kier molecular flexibility index (Phi) is 7.99. The third-order valence-electron chi connectivity index (χ3n) is 5.71. The number of para-hydroxylation sites is 1. The predicted molar refractivity (Wildman–Crippen MR) is 135 cm³/mol. The van der Waals surface area contributed by atoms with Gasteiger partial charge in [0, 0.05) is 38.1 Å². The van der Waals surface area contributed by atoms with E-state index >= 15 is 0 Å². The van der Waals surface area contributed by atoms with Gasteiger partial charge in [0.15, 0.2) is 0 Å². The molecule has 0 radical (unpaired) electrons. The fourth-order valence-corrected chi connectivity index (χ4v) is 5.78. The van der Waals surface area contributed by atoms with E-state index in [-0.39, 0.29) is 16.6 Å². The minimum absolute atomic E-state index is 0.0454. The Morgan fingerprint density at radius 2 is 1.59 bits per heavy atom. The van der Waals surface area contributed by atoms with E-state index in [0.29, 0.717) is 37.7 Å². The summed E-state index contributed by atoms with van der Waals surface area (Å²) < 4.78 is 27.3. The molecule has 1 aliphatic rings. The second kappa shape index (κ2) is 11.1. The fraction of sp³-hybridized carbons (Fsp3) is 0.280. The molecule has 9 heteroatoms. The maximum atomic E-state index is 13.2. The molecule has 0 N–H and O–H groups in total. The highest BCUT2D eigenvalue weighted by Crippen LogP contribution is 2.23. The predicted octanol–water partition coefficient (Wildman–Crippen LogP) is 3.34. The van der Waals surface area contributed by atoms with Crippen molar-refractivity contribution in [3.05, 3.63) is 84.6 Å². The smallest absolute Gasteiger partial charge is 0.244 e. The number of nitrogens with zero attached hydrogens (tertiary/aromatic N) is 4. The molecule has 1 fully saturated rings. The second-order valence-corrected chi connectivity index (χ2v) is 11.1. The molecule has 0 unspecified atom stereocenters. The van der Waals surface area contributed by atoms with Crippen LogP contribution in [0.3, 0.4) is 0 Å². The molecule has 0 atom stereocenters. The highest BCUT2D eigenvalue weighted by Gasteiger charge is 2.27. The van der Waals surface area contributed by atoms with E-state index in [1.807, 2.05) is 67.7 Å². The molecule has 3 aromatic rings. The molecular weight excluding hydrogens is 468 g/mol. The van der Waals surface area contributed by atoms with Gasteiger partial charge >= 0.3 is 0 Å². The van der Waals surface area contributed by atoms with Crippen LogP contribution in [-0.4, -0.2) is 67.5 Å². The summed E-state index contributed by atoms with van der Waals surface area (Å²) in [5, 5.41) is 0.610. The summed E-state index contributed by atoms with van der Waals surface area (Å²) in [6, 6.07) is 22.7. The van der Waals surface area contributed by atoms with Crippen molar-refractivity contribution in [2.45, 2.75) is 16.5 Å². The second-order valence-electron chi connectivity index (χ2n) is 8.13. The minimum atomic E-state index is -3.56. The zero-order valence-electron chi connectivity index (χ0n) is 19.1. The van der Waals surface area contributed by atoms with E-state index in [2.05, 4.69) is 9.88 Å². The Morgan fingerprint density at radius 1 is 0.941 bits per heavy atom. The molecule has 0 bridgehead atoms. The van der Waals surface area contributed by atoms with Crippen LogP contribution in [0.25, 0.3) is 0 Å². The van der Waals surface area contributed by atoms with Gasteiger partial charge in [-0.25, -0.2) is 13.4 Å². The largest absolute Gasteiger partial charge is 0.307 e. The minimum Gasteiger partial charge on any atom is -0.307 e. The van der Waals surface area contributed by atoms with Crippen LogP contribution in [0, 0.1) is 0 Å². The topological polar surface area (TPSA) is 73.8 Å². The first-order valence-electron chi connectivity index (χ1n) is 11.1. The lowest BCUT2D eigenvalue weighted by atomic mass is 10.2. The van der Waals surface area contributed by atoms with Crippen LogP contribution in [0.1, 0.15) is 5.56 Å². The third-order valence-corrected chi connectivity index (χ3v) is 8.52. The molecule has 0 saturated carbocycles. The molecule has 7 nitrogen and oxygen atoms in total. The number of aromatic nitrogens is 1. The Balaban J connectivity index is 1.42. The summed E-state index contributed by atoms with van der Waals surface area (Å²) in [4.78, 5) is 21.5. The summed E-state index contributed by atoms with van der Waals surface area (Å²) in [6.07, 6.45) is 1.39. The van der Waals surface area contributed by atoms with Crippen LogP contribution < -0.4 is 4.90 Å². The molecule has 1 amide bonds. The van der Waals surface area contributed by atoms with Gasteiger partial charge in [-0.3, -0.25) is 4.79 Å². The van der Waals surface area contributed by atoms with Crippen LogP contribution >= 0.6 is 11.8 Å². The van der Waals surface area contributed by atoms with Gasteiger partial charge in [-0.05, 0) is 36.9 Å². The number of carbonyl (C=O) groups is 1. The Bertz CT molecular complexity index is 1180. The number of pyridine rings is 1. The number of piperazine rings is 1. The zero-order chi connectivity index (χ0) is 24.0. The normalized spacial score (nSPS) is 15.2. The molecule has 34 heavy (non-hydrogen) atoms. The van der Waals surface area contributed by atoms with E-state index in [4.69, 9.17) is 0 Å². The van der Waals surface area contributed by atoms with Crippen molar-refractivity contribution >= 4 is 33.4 Å². The van der Waals surface area contributed by atoms with Crippen LogP contribution in [0.15, 0.2) is 88.9 Å². The van der Waals surface area contributed by atoms with E-state index < -0.39 is 10.0 Å². The SMILES string of the molecule is CN1CCN(S(=O)(=O)c2ccc(SCC(=O)N(Cc3ccccc3)c3ccccc3)nc2)CC1. The van der Waals surface area contributed by atoms with Gasteiger partial charge in [0.05, 0.1) is 17.3 Å². The maximum Gasteiger partial charge on any atom is 0.244 e. The summed E-state index contributed by atoms with van der Waals surface area (Å²) in [6.45, 7) is 2.84. The first-order chi connectivity index (χ1) is 16.4. The third kappa shape index (κ3) is 6.04. The average Bonchev–Trinajstić information content (AvgIpc) is 2.87. The molecule has 2 heterocycles. The van der Waals surface area contributed by atoms with Gasteiger partial charge in [0.2, 0.25) is 15.9 Å². The average molecular weight is 497 g/mol. The molecule has 0 spiro atoms. The summed E-state index contributed by atoms with van der Waals surface area (Å²) in [7, 11) is -1.57. The van der Waals surface area contributed by atoms with Crippen LogP contribution in [0.2, 0.25) is 0 Å². The number of sulfonamides is 1. The number of likely N-dealkylation sites (N-methyl/N-ethyl adjacent to an activating group) is 1. The van der Waals surface area contributed by atoms with Gasteiger partial charge < -0.3 is 9.80 Å². The number of thioether (sulfide) groups is 1. The number of hydrogen-bond donors (Lipinski definition) is 0. The Labute approximate surface area is 205 Å². The lowest BCUT2D eigenvalue weighted by Gasteiger charge is -2.31. The summed E-state index contributed by atoms with van der Waals surface area (Å²) in [5.41, 5.74) is 1.87. The van der Waals surface area contributed by atoms with E-state index in [0.717, 1.165) is 11.3 Å². The van der Waals surface area contributed by atoms with E-state index in [1.54, 1.807) is 17.0 Å². The Morgan fingerprint density at radius 3 is 2.21 bits per heavy atom. The molecule has 1 aliphatic heterocycles. The molecule has 1 saturated heterocycles. The van der Waals surface area contributed by atoms with Crippen molar-refractivity contribution in [3.8, 4) is 0 Å². The molecular formula is C25H28N4O3S2. The number of hydrogen-bond acceptors (Lipinski definition) is 6. The fourth-order valence-electron chi connectivity index (χ4n) is 3.69. The van der Waals surface area contributed by atoms with Crippen LogP contribution in [-0.2, 0) is 21.4 Å². The van der Waals surface area contributed by atoms with Crippen molar-refractivity contribution in [1.82, 2.24) is 14.2 Å². The van der Waals surface area contributed by atoms with Gasteiger partial charge in [0.1, 0.15) is 4.90 Å². The van der Waals surface area contributed by atoms with Crippen molar-refractivity contribution in [2.24, 2.45) is 0 Å². The molecule has 4 rings (SSSR count). The number of rotatable bonds is 8. The van der Waals surface area contributed by atoms with Crippen LogP contribution in [0.4, 0.5) is 5.69 Å². The number of amides is 1. The summed E-state index contributed by atoms with van der Waals surface area (Å²) >= 11 is 1.30. The maximum absolute atomic E-state index is 13.2. The van der Waals surface area contributed by atoms with Crippen LogP contribution in [0.5, 0.6) is 0 Å². The van der Waals surface area contributed by atoms with Crippen molar-refractivity contribution in [2.75, 3.05) is 43.9 Å². The van der Waals surface area contributed by atoms with Gasteiger partial charge in [-0.1, -0.05) is 60.3 Å². The van der Waals surface area contributed by atoms with Gasteiger partial charge in [-0.2, -0.15) is 4.31 Å². The quantitative estimate of drug-likeness (QED) is 0.446. The number of carbonyl (C=O) groups excluding carboxylic acids is 1. The molecule has 178 valence electrons.